The molecule has 1 aromatic rings. The van der Waals surface area contributed by atoms with Crippen LogP contribution in [0.4, 0.5) is 13.2 Å². The predicted molar refractivity (Wildman–Crippen MR) is 83.0 cm³/mol. The van der Waals surface area contributed by atoms with Gasteiger partial charge in [0.1, 0.15) is 0 Å². The minimum atomic E-state index is -4.16. The average molecular weight is 352 g/mol. The number of aryl methyl sites for hydroxylation is 1. The zero-order valence-corrected chi connectivity index (χ0v) is 13.8. The van der Waals surface area contributed by atoms with E-state index in [1.807, 2.05) is 6.07 Å². The van der Waals surface area contributed by atoms with E-state index in [1.165, 1.54) is 12.1 Å². The Morgan fingerprint density at radius 1 is 0.913 bits per heavy atom. The molecule has 132 valence electrons. The van der Waals surface area contributed by atoms with Gasteiger partial charge in [-0.2, -0.15) is 21.6 Å². The lowest BCUT2D eigenvalue weighted by molar-refractivity contribution is -0.135. The van der Waals surface area contributed by atoms with Crippen molar-refractivity contribution < 1.29 is 26.1 Å². The Morgan fingerprint density at radius 3 is 2.04 bits per heavy atom. The van der Waals surface area contributed by atoms with E-state index in [0.29, 0.717) is 6.42 Å². The molecule has 1 N–H and O–H groups in total. The molecule has 0 aromatic heterocycles. The molecular weight excluding hydrogens is 329 g/mol. The van der Waals surface area contributed by atoms with E-state index in [4.69, 9.17) is 4.55 Å². The van der Waals surface area contributed by atoms with Crippen LogP contribution in [0.3, 0.4) is 0 Å². The molecule has 0 aliphatic heterocycles. The monoisotopic (exact) mass is 352 g/mol. The van der Waals surface area contributed by atoms with Gasteiger partial charge in [-0.1, -0.05) is 44.2 Å². The largest absolute Gasteiger partial charge is 0.389 e. The molecule has 7 heteroatoms. The fourth-order valence-corrected chi connectivity index (χ4v) is 2.95. The molecule has 0 amide bonds. The number of unbranched alkanes of at least 4 members (excludes halogenated alkanes) is 6. The second kappa shape index (κ2) is 9.27. The fourth-order valence-electron chi connectivity index (χ4n) is 2.40. The molecule has 3 nitrogen and oxygen atoms in total. The maximum atomic E-state index is 11.9. The van der Waals surface area contributed by atoms with Crippen molar-refractivity contribution in [2.24, 2.45) is 0 Å². The van der Waals surface area contributed by atoms with Gasteiger partial charge in [0.05, 0.1) is 4.90 Å². The summed E-state index contributed by atoms with van der Waals surface area (Å²) in [5.41, 5.74) is 0.852. The van der Waals surface area contributed by atoms with Gasteiger partial charge in [0.2, 0.25) is 0 Å². The Labute approximate surface area is 135 Å². The van der Waals surface area contributed by atoms with Gasteiger partial charge in [0.15, 0.2) is 0 Å². The smallest absolute Gasteiger partial charge is 0.282 e. The maximum Gasteiger partial charge on any atom is 0.389 e. The highest BCUT2D eigenvalue weighted by Crippen LogP contribution is 2.23. The van der Waals surface area contributed by atoms with Crippen LogP contribution in [0.5, 0.6) is 0 Å². The van der Waals surface area contributed by atoms with Crippen molar-refractivity contribution in [1.29, 1.82) is 0 Å². The molecule has 0 fully saturated rings. The van der Waals surface area contributed by atoms with Gasteiger partial charge in [-0.05, 0) is 37.0 Å². The Hall–Kier alpha value is -1.08. The van der Waals surface area contributed by atoms with E-state index < -0.39 is 22.7 Å². The lowest BCUT2D eigenvalue weighted by atomic mass is 10.0. The van der Waals surface area contributed by atoms with Gasteiger partial charge >= 0.3 is 6.18 Å². The molecule has 0 unspecified atom stereocenters. The number of benzene rings is 1. The van der Waals surface area contributed by atoms with E-state index in [0.717, 1.165) is 44.1 Å². The fraction of sp³-hybridized carbons (Fsp3) is 0.625. The Balaban J connectivity index is 2.12. The first kappa shape index (κ1) is 20.0. The molecule has 0 aliphatic rings. The summed E-state index contributed by atoms with van der Waals surface area (Å²) < 4.78 is 66.9. The van der Waals surface area contributed by atoms with E-state index in [9.17, 15) is 21.6 Å². The summed E-state index contributed by atoms with van der Waals surface area (Å²) in [4.78, 5) is -0.0975. The second-order valence-electron chi connectivity index (χ2n) is 5.71. The molecule has 0 spiro atoms. The number of hydrogen-bond acceptors (Lipinski definition) is 2. The van der Waals surface area contributed by atoms with Crippen LogP contribution in [0.15, 0.2) is 29.2 Å². The third-order valence-electron chi connectivity index (χ3n) is 3.62. The quantitative estimate of drug-likeness (QED) is 0.467. The van der Waals surface area contributed by atoms with Crippen LogP contribution in [0.2, 0.25) is 0 Å². The molecule has 1 aromatic carbocycles. The lowest BCUT2D eigenvalue weighted by Gasteiger charge is -2.06. The van der Waals surface area contributed by atoms with Crippen molar-refractivity contribution in [2.75, 3.05) is 0 Å². The third kappa shape index (κ3) is 9.61. The van der Waals surface area contributed by atoms with Crippen LogP contribution in [0, 0.1) is 0 Å². The molecule has 0 radical (unpaired) electrons. The summed E-state index contributed by atoms with van der Waals surface area (Å²) >= 11 is 0. The summed E-state index contributed by atoms with van der Waals surface area (Å²) in [5, 5.41) is 0. The van der Waals surface area contributed by atoms with Crippen LogP contribution in [0.25, 0.3) is 0 Å². The highest BCUT2D eigenvalue weighted by molar-refractivity contribution is 7.85. The number of hydrogen-bond donors (Lipinski definition) is 1. The molecule has 1 rings (SSSR count). The van der Waals surface area contributed by atoms with E-state index in [1.54, 1.807) is 6.07 Å². The summed E-state index contributed by atoms with van der Waals surface area (Å²) in [6.07, 6.45) is 1.32. The lowest BCUT2D eigenvalue weighted by Crippen LogP contribution is -2.06. The van der Waals surface area contributed by atoms with Crippen molar-refractivity contribution >= 4 is 10.1 Å². The maximum absolute atomic E-state index is 11.9. The van der Waals surface area contributed by atoms with Crippen LogP contribution >= 0.6 is 0 Å². The van der Waals surface area contributed by atoms with Gasteiger partial charge < -0.3 is 0 Å². The third-order valence-corrected chi connectivity index (χ3v) is 4.47. The normalized spacial score (nSPS) is 12.5. The first-order valence-corrected chi connectivity index (χ1v) is 9.26. The molecule has 0 bridgehead atoms. The molecular formula is C16H23F3O3S. The highest BCUT2D eigenvalue weighted by Gasteiger charge is 2.25. The summed E-state index contributed by atoms with van der Waals surface area (Å²) in [5.74, 6) is 0. The number of alkyl halides is 3. The van der Waals surface area contributed by atoms with Gasteiger partial charge in [-0.15, -0.1) is 0 Å². The number of rotatable bonds is 10. The molecule has 23 heavy (non-hydrogen) atoms. The van der Waals surface area contributed by atoms with Crippen molar-refractivity contribution in [3.05, 3.63) is 29.8 Å². The second-order valence-corrected chi connectivity index (χ2v) is 7.13. The minimum Gasteiger partial charge on any atom is -0.282 e. The van der Waals surface area contributed by atoms with Crippen molar-refractivity contribution in [2.45, 2.75) is 68.9 Å². The van der Waals surface area contributed by atoms with Gasteiger partial charge in [0, 0.05) is 6.42 Å². The standard InChI is InChI=1S/C16H23F3O3S/c17-16(18,19)12-7-5-3-1-2-4-6-9-14-10-8-11-15(13-14)23(20,21)22/h8,10-11,13H,1-7,9,12H2,(H,20,21,22). The van der Waals surface area contributed by atoms with Crippen LogP contribution in [-0.4, -0.2) is 19.1 Å². The van der Waals surface area contributed by atoms with E-state index in [2.05, 4.69) is 0 Å². The topological polar surface area (TPSA) is 54.4 Å². The van der Waals surface area contributed by atoms with Crippen LogP contribution < -0.4 is 0 Å². The van der Waals surface area contributed by atoms with Gasteiger partial charge in [0.25, 0.3) is 10.1 Å². The van der Waals surface area contributed by atoms with Crippen LogP contribution in [0.1, 0.15) is 56.9 Å². The summed E-state index contributed by atoms with van der Waals surface area (Å²) in [6.45, 7) is 0. The Kier molecular flexibility index (Phi) is 8.05. The van der Waals surface area contributed by atoms with Crippen molar-refractivity contribution in [3.63, 3.8) is 0 Å². The molecule has 0 atom stereocenters. The minimum absolute atomic E-state index is 0.0975. The van der Waals surface area contributed by atoms with E-state index >= 15 is 0 Å². The SMILES string of the molecule is O=S(=O)(O)c1cccc(CCCCCCCCCC(F)(F)F)c1. The Bertz CT molecular complexity index is 568. The average Bonchev–Trinajstić information content (AvgIpc) is 2.44. The Morgan fingerprint density at radius 2 is 1.48 bits per heavy atom. The highest BCUT2D eigenvalue weighted by atomic mass is 32.2. The molecule has 0 saturated carbocycles. The summed E-state index contributed by atoms with van der Waals surface area (Å²) in [7, 11) is -4.16. The molecule has 0 aliphatic carbocycles. The van der Waals surface area contributed by atoms with Crippen molar-refractivity contribution in [3.8, 4) is 0 Å². The number of halogens is 3. The predicted octanol–water partition coefficient (Wildman–Crippen LogP) is 5.16. The van der Waals surface area contributed by atoms with Gasteiger partial charge in [-0.25, -0.2) is 0 Å². The van der Waals surface area contributed by atoms with Gasteiger partial charge in [-0.3, -0.25) is 4.55 Å². The first-order valence-electron chi connectivity index (χ1n) is 7.82. The molecule has 0 saturated heterocycles. The van der Waals surface area contributed by atoms with Crippen molar-refractivity contribution in [1.82, 2.24) is 0 Å². The van der Waals surface area contributed by atoms with E-state index in [-0.39, 0.29) is 11.3 Å². The summed E-state index contributed by atoms with van der Waals surface area (Å²) in [6, 6.07) is 6.22. The zero-order valence-electron chi connectivity index (χ0n) is 13.0. The molecule has 0 heterocycles. The van der Waals surface area contributed by atoms with Crippen LogP contribution in [-0.2, 0) is 16.5 Å². The first-order chi connectivity index (χ1) is 10.7. The zero-order chi connectivity index (χ0) is 17.3.